The van der Waals surface area contributed by atoms with E-state index in [1.54, 1.807) is 47.3 Å². The molecule has 0 spiro atoms. The average Bonchev–Trinajstić information content (AvgIpc) is 3.15. The van der Waals surface area contributed by atoms with E-state index in [0.717, 1.165) is 5.56 Å². The van der Waals surface area contributed by atoms with Crippen molar-refractivity contribution in [3.63, 3.8) is 0 Å². The maximum atomic E-state index is 13.4. The second kappa shape index (κ2) is 7.22. The largest absolute Gasteiger partial charge is 0.463 e. The Morgan fingerprint density at radius 2 is 1.79 bits per heavy atom. The number of alkyl halides is 1. The van der Waals surface area contributed by atoms with Crippen LogP contribution in [0.4, 0.5) is 8.78 Å². The first kappa shape index (κ1) is 17.8. The molecule has 2 aromatic heterocycles. The highest BCUT2D eigenvalue weighted by atomic mass is 19.1. The van der Waals surface area contributed by atoms with Crippen LogP contribution in [0.3, 0.4) is 0 Å². The normalized spacial score (nSPS) is 11.1. The van der Waals surface area contributed by atoms with Gasteiger partial charge < -0.3 is 4.74 Å². The Bertz CT molecular complexity index is 1180. The second-order valence-corrected chi connectivity index (χ2v) is 6.07. The average molecular weight is 382 g/mol. The minimum absolute atomic E-state index is 0.216. The molecule has 0 radical (unpaired) electrons. The SMILES string of the molecule is CCn1nnc2c(=O)n(-c3ccc(OCF)cc3)cc(-c3ccc(F)cc3)c21. The number of ether oxygens (including phenoxy) is 1. The van der Waals surface area contributed by atoms with Crippen LogP contribution < -0.4 is 10.3 Å². The molecule has 2 aromatic carbocycles. The molecule has 2 heterocycles. The number of fused-ring (bicyclic) bond motifs is 1. The van der Waals surface area contributed by atoms with Crippen molar-refractivity contribution in [1.82, 2.24) is 19.6 Å². The van der Waals surface area contributed by atoms with Crippen LogP contribution in [-0.2, 0) is 6.54 Å². The molecule has 0 saturated carbocycles. The van der Waals surface area contributed by atoms with Crippen LogP contribution in [0.15, 0.2) is 59.5 Å². The van der Waals surface area contributed by atoms with Gasteiger partial charge in [0.1, 0.15) is 17.1 Å². The zero-order chi connectivity index (χ0) is 19.7. The molecule has 8 heteroatoms. The molecule has 6 nitrogen and oxygen atoms in total. The summed E-state index contributed by atoms with van der Waals surface area (Å²) in [5.74, 6) is 0.00922. The number of hydrogen-bond donors (Lipinski definition) is 0. The van der Waals surface area contributed by atoms with Gasteiger partial charge in [0.2, 0.25) is 6.86 Å². The molecule has 28 heavy (non-hydrogen) atoms. The monoisotopic (exact) mass is 382 g/mol. The van der Waals surface area contributed by atoms with Gasteiger partial charge in [-0.05, 0) is 48.9 Å². The summed E-state index contributed by atoms with van der Waals surface area (Å²) in [6.07, 6.45) is 1.68. The van der Waals surface area contributed by atoms with E-state index in [1.165, 1.54) is 16.7 Å². The third-order valence-corrected chi connectivity index (χ3v) is 4.46. The van der Waals surface area contributed by atoms with E-state index in [9.17, 15) is 13.6 Å². The number of benzene rings is 2. The van der Waals surface area contributed by atoms with Crippen molar-refractivity contribution < 1.29 is 13.5 Å². The molecule has 0 aliphatic rings. The topological polar surface area (TPSA) is 61.9 Å². The van der Waals surface area contributed by atoms with Gasteiger partial charge >= 0.3 is 0 Å². The Hall–Kier alpha value is -3.55. The quantitative estimate of drug-likeness (QED) is 0.528. The molecule has 0 fully saturated rings. The van der Waals surface area contributed by atoms with Crippen LogP contribution in [0.5, 0.6) is 5.75 Å². The van der Waals surface area contributed by atoms with Crippen molar-refractivity contribution in [2.24, 2.45) is 0 Å². The van der Waals surface area contributed by atoms with Gasteiger partial charge in [0.05, 0.1) is 0 Å². The van der Waals surface area contributed by atoms with E-state index in [1.807, 2.05) is 6.92 Å². The highest BCUT2D eigenvalue weighted by Gasteiger charge is 2.17. The van der Waals surface area contributed by atoms with Crippen LogP contribution in [0.1, 0.15) is 6.92 Å². The lowest BCUT2D eigenvalue weighted by atomic mass is 10.1. The number of rotatable bonds is 5. The summed E-state index contributed by atoms with van der Waals surface area (Å²) in [6.45, 7) is 1.50. The first-order valence-corrected chi connectivity index (χ1v) is 8.66. The summed E-state index contributed by atoms with van der Waals surface area (Å²) < 4.78 is 33.6. The predicted octanol–water partition coefficient (Wildman–Crippen LogP) is 3.71. The highest BCUT2D eigenvalue weighted by Crippen LogP contribution is 2.27. The molecule has 4 aromatic rings. The van der Waals surface area contributed by atoms with Crippen molar-refractivity contribution in [2.45, 2.75) is 13.5 Å². The van der Waals surface area contributed by atoms with Gasteiger partial charge in [0, 0.05) is 24.0 Å². The summed E-state index contributed by atoms with van der Waals surface area (Å²) in [5, 5.41) is 8.13. The zero-order valence-electron chi connectivity index (χ0n) is 15.0. The first-order valence-electron chi connectivity index (χ1n) is 8.66. The number of aryl methyl sites for hydroxylation is 1. The fourth-order valence-electron chi connectivity index (χ4n) is 3.11. The first-order chi connectivity index (χ1) is 13.6. The van der Waals surface area contributed by atoms with E-state index in [2.05, 4.69) is 10.3 Å². The molecule has 0 atom stereocenters. The number of aromatic nitrogens is 4. The molecule has 142 valence electrons. The van der Waals surface area contributed by atoms with E-state index in [-0.39, 0.29) is 16.9 Å². The van der Waals surface area contributed by atoms with E-state index >= 15 is 0 Å². The molecule has 0 N–H and O–H groups in total. The molecular weight excluding hydrogens is 366 g/mol. The number of hydrogen-bond acceptors (Lipinski definition) is 4. The zero-order valence-corrected chi connectivity index (χ0v) is 15.0. The summed E-state index contributed by atoms with van der Waals surface area (Å²) in [5.41, 5.74) is 2.47. The number of nitrogens with zero attached hydrogens (tertiary/aromatic N) is 4. The fourth-order valence-corrected chi connectivity index (χ4v) is 3.11. The summed E-state index contributed by atoms with van der Waals surface area (Å²) in [4.78, 5) is 13.0. The molecule has 0 saturated heterocycles. The van der Waals surface area contributed by atoms with Crippen LogP contribution in [0.25, 0.3) is 27.8 Å². The molecule has 4 rings (SSSR count). The van der Waals surface area contributed by atoms with E-state index < -0.39 is 6.86 Å². The lowest BCUT2D eigenvalue weighted by molar-refractivity contribution is 0.192. The Labute approximate surface area is 158 Å². The molecular formula is C20H16F2N4O2. The molecule has 0 aliphatic heterocycles. The van der Waals surface area contributed by atoms with Crippen molar-refractivity contribution in [3.05, 3.63) is 70.9 Å². The van der Waals surface area contributed by atoms with E-state index in [4.69, 9.17) is 4.74 Å². The number of halogens is 2. The van der Waals surface area contributed by atoms with Gasteiger partial charge in [-0.1, -0.05) is 17.3 Å². The molecule has 0 unspecified atom stereocenters. The Morgan fingerprint density at radius 3 is 2.43 bits per heavy atom. The lowest BCUT2D eigenvalue weighted by Gasteiger charge is -2.12. The van der Waals surface area contributed by atoms with Gasteiger partial charge in [0.15, 0.2) is 5.52 Å². The van der Waals surface area contributed by atoms with Crippen molar-refractivity contribution in [3.8, 4) is 22.6 Å². The predicted molar refractivity (Wildman–Crippen MR) is 101 cm³/mol. The van der Waals surface area contributed by atoms with Crippen LogP contribution in [-0.4, -0.2) is 26.4 Å². The Morgan fingerprint density at radius 1 is 1.07 bits per heavy atom. The Balaban J connectivity index is 1.96. The third kappa shape index (κ3) is 3.02. The minimum atomic E-state index is -0.930. The standard InChI is InChI=1S/C20H16F2N4O2/c1-2-26-19-17(13-3-5-14(22)6-4-13)11-25(20(27)18(19)23-24-26)15-7-9-16(10-8-15)28-12-21/h3-11H,2,12H2,1H3. The minimum Gasteiger partial charge on any atom is -0.463 e. The van der Waals surface area contributed by atoms with Crippen molar-refractivity contribution >= 4 is 11.0 Å². The van der Waals surface area contributed by atoms with Crippen LogP contribution in [0, 0.1) is 5.82 Å². The van der Waals surface area contributed by atoms with Gasteiger partial charge in [0.25, 0.3) is 5.56 Å². The summed E-state index contributed by atoms with van der Waals surface area (Å²) in [6, 6.07) is 12.5. The summed E-state index contributed by atoms with van der Waals surface area (Å²) in [7, 11) is 0. The maximum absolute atomic E-state index is 13.4. The second-order valence-electron chi connectivity index (χ2n) is 6.07. The molecule has 0 bridgehead atoms. The highest BCUT2D eigenvalue weighted by molar-refractivity contribution is 5.91. The lowest BCUT2D eigenvalue weighted by Crippen LogP contribution is -2.19. The smallest absolute Gasteiger partial charge is 0.285 e. The van der Waals surface area contributed by atoms with Gasteiger partial charge in [-0.3, -0.25) is 9.36 Å². The van der Waals surface area contributed by atoms with Crippen molar-refractivity contribution in [1.29, 1.82) is 0 Å². The number of pyridine rings is 1. The van der Waals surface area contributed by atoms with Crippen molar-refractivity contribution in [2.75, 3.05) is 6.86 Å². The Kier molecular flexibility index (Phi) is 4.60. The molecule has 0 amide bonds. The third-order valence-electron chi connectivity index (χ3n) is 4.46. The summed E-state index contributed by atoms with van der Waals surface area (Å²) >= 11 is 0. The van der Waals surface area contributed by atoms with Gasteiger partial charge in [-0.25, -0.2) is 13.5 Å². The van der Waals surface area contributed by atoms with Crippen LogP contribution in [0.2, 0.25) is 0 Å². The van der Waals surface area contributed by atoms with Gasteiger partial charge in [-0.2, -0.15) is 0 Å². The van der Waals surface area contributed by atoms with E-state index in [0.29, 0.717) is 29.1 Å². The molecule has 0 aliphatic carbocycles. The maximum Gasteiger partial charge on any atom is 0.285 e. The fraction of sp³-hybridized carbons (Fsp3) is 0.150. The van der Waals surface area contributed by atoms with Crippen LogP contribution >= 0.6 is 0 Å². The van der Waals surface area contributed by atoms with Gasteiger partial charge in [-0.15, -0.1) is 5.10 Å².